The summed E-state index contributed by atoms with van der Waals surface area (Å²) in [6.45, 7) is 3.20. The van der Waals surface area contributed by atoms with E-state index in [1.54, 1.807) is 17.3 Å². The van der Waals surface area contributed by atoms with Gasteiger partial charge in [0.25, 0.3) is 5.91 Å². The van der Waals surface area contributed by atoms with E-state index >= 15 is 0 Å². The molecule has 4 aliphatic rings. The van der Waals surface area contributed by atoms with E-state index in [1.165, 1.54) is 11.1 Å². The predicted molar refractivity (Wildman–Crippen MR) is 192 cm³/mol. The minimum absolute atomic E-state index is 0.0993. The van der Waals surface area contributed by atoms with Gasteiger partial charge in [-0.3, -0.25) is 39.5 Å². The van der Waals surface area contributed by atoms with Gasteiger partial charge in [0, 0.05) is 55.1 Å². The van der Waals surface area contributed by atoms with Crippen LogP contribution in [-0.2, 0) is 33.9 Å². The molecule has 4 aromatic rings. The van der Waals surface area contributed by atoms with Crippen molar-refractivity contribution in [3.63, 3.8) is 0 Å². The Balaban J connectivity index is 0.779. The van der Waals surface area contributed by atoms with Crippen molar-refractivity contribution in [1.29, 1.82) is 0 Å². The second-order valence-corrected chi connectivity index (χ2v) is 14.5. The van der Waals surface area contributed by atoms with Crippen LogP contribution in [0.3, 0.4) is 0 Å². The number of nitrogens with zero attached hydrogens (tertiary/aromatic N) is 4. The number of rotatable bonds is 10. The van der Waals surface area contributed by atoms with Crippen LogP contribution in [0.25, 0.3) is 0 Å². The maximum Gasteiger partial charge on any atom is 0.255 e. The van der Waals surface area contributed by atoms with Crippen LogP contribution in [0.15, 0.2) is 73.1 Å². The van der Waals surface area contributed by atoms with Gasteiger partial charge in [-0.1, -0.05) is 36.4 Å². The number of fused-ring (bicyclic) bond motifs is 1. The first-order valence-corrected chi connectivity index (χ1v) is 18.3. The van der Waals surface area contributed by atoms with E-state index in [2.05, 4.69) is 55.0 Å². The van der Waals surface area contributed by atoms with Gasteiger partial charge in [0.05, 0.1) is 12.5 Å². The Morgan fingerprint density at radius 2 is 1.67 bits per heavy atom. The van der Waals surface area contributed by atoms with Crippen molar-refractivity contribution in [2.75, 3.05) is 18.4 Å². The Hall–Kier alpha value is -5.36. The number of aromatic nitrogens is 3. The lowest BCUT2D eigenvalue weighted by molar-refractivity contribution is -0.137. The quantitative estimate of drug-likeness (QED) is 0.199. The first-order valence-electron chi connectivity index (χ1n) is 18.3. The van der Waals surface area contributed by atoms with Crippen molar-refractivity contribution in [3.8, 4) is 5.75 Å². The van der Waals surface area contributed by atoms with Gasteiger partial charge in [-0.25, -0.2) is 0 Å². The van der Waals surface area contributed by atoms with Gasteiger partial charge in [0.2, 0.25) is 17.7 Å². The molecule has 3 fully saturated rings. The summed E-state index contributed by atoms with van der Waals surface area (Å²) in [6, 6.07) is 19.5. The maximum atomic E-state index is 13.1. The number of nitrogens with one attached hydrogen (secondary N) is 3. The lowest BCUT2D eigenvalue weighted by Crippen LogP contribution is -2.52. The number of imide groups is 1. The molecule has 12 nitrogen and oxygen atoms in total. The highest BCUT2D eigenvalue weighted by molar-refractivity contribution is 6.05. The molecule has 4 amide bonds. The topological polar surface area (TPSA) is 150 Å². The van der Waals surface area contributed by atoms with Gasteiger partial charge < -0.3 is 15.0 Å². The summed E-state index contributed by atoms with van der Waals surface area (Å²) in [5.41, 5.74) is 6.04. The number of aromatic amines is 1. The van der Waals surface area contributed by atoms with Crippen LogP contribution >= 0.6 is 0 Å². The molecule has 12 heteroatoms. The first kappa shape index (κ1) is 33.8. The molecule has 3 atom stereocenters. The van der Waals surface area contributed by atoms with Gasteiger partial charge in [0.1, 0.15) is 11.8 Å². The fraction of sp³-hybridized carbons (Fsp3) is 0.400. The van der Waals surface area contributed by atoms with E-state index in [4.69, 9.17) is 4.74 Å². The van der Waals surface area contributed by atoms with Crippen molar-refractivity contribution in [1.82, 2.24) is 30.3 Å². The fourth-order valence-corrected chi connectivity index (χ4v) is 8.21. The number of ether oxygens (including phenoxy) is 1. The van der Waals surface area contributed by atoms with Crippen molar-refractivity contribution in [3.05, 3.63) is 107 Å². The third-order valence-corrected chi connectivity index (χ3v) is 11.0. The molecular formula is C40H43N7O5. The first-order chi connectivity index (χ1) is 25.3. The molecule has 268 valence electrons. The highest BCUT2D eigenvalue weighted by Crippen LogP contribution is 2.37. The number of carbonyl (C=O) groups is 4. The summed E-state index contributed by atoms with van der Waals surface area (Å²) < 4.78 is 6.10. The fourth-order valence-electron chi connectivity index (χ4n) is 8.21. The number of H-pyrrole nitrogens is 1. The van der Waals surface area contributed by atoms with Gasteiger partial charge in [-0.05, 0) is 98.0 Å². The number of amides is 4. The zero-order chi connectivity index (χ0) is 35.6. The number of piperidine rings is 2. The van der Waals surface area contributed by atoms with Crippen LogP contribution < -0.4 is 15.4 Å². The lowest BCUT2D eigenvalue weighted by Gasteiger charge is -2.32. The highest BCUT2D eigenvalue weighted by Gasteiger charge is 2.39. The molecule has 2 aromatic carbocycles. The minimum Gasteiger partial charge on any atom is -0.490 e. The minimum atomic E-state index is -0.595. The highest BCUT2D eigenvalue weighted by atomic mass is 16.5. The van der Waals surface area contributed by atoms with Crippen LogP contribution in [-0.4, -0.2) is 73.8 Å². The molecule has 1 saturated carbocycles. The molecule has 1 aliphatic carbocycles. The number of pyridine rings is 1. The average Bonchev–Trinajstić information content (AvgIpc) is 3.89. The standard InChI is InChI=1S/C40H43N7O5/c48-37-10-9-35(39(50)43-37)47-24-30-20-28(6-8-33(30)40(47)51)27-13-17-46(18-14-27)23-26-3-1-25(2-4-26)19-38(49)42-36-22-34(44-45-36)29-5-7-32(21-29)52-31-11-15-41-16-12-31/h1-4,6,8,11-12,15-16,20,22,27,29,32,35H,5,7,9-10,13-14,17-19,21,23-24H2,(H,43,48,50)(H2,42,44,45,49)/t29-,32+,35?/m0/s1. The number of likely N-dealkylation sites (tertiary alicyclic amines) is 1. The van der Waals surface area contributed by atoms with Crippen molar-refractivity contribution in [2.45, 2.75) is 88.4 Å². The summed E-state index contributed by atoms with van der Waals surface area (Å²) >= 11 is 0. The van der Waals surface area contributed by atoms with Crippen LogP contribution in [0.1, 0.15) is 95.1 Å². The van der Waals surface area contributed by atoms with E-state index in [9.17, 15) is 19.2 Å². The van der Waals surface area contributed by atoms with Crippen LogP contribution in [0, 0.1) is 0 Å². The molecule has 8 rings (SSSR count). The summed E-state index contributed by atoms with van der Waals surface area (Å²) in [5.74, 6) is 1.21. The van der Waals surface area contributed by atoms with Gasteiger partial charge in [0.15, 0.2) is 5.82 Å². The molecular weight excluding hydrogens is 658 g/mol. The van der Waals surface area contributed by atoms with Crippen LogP contribution in [0.2, 0.25) is 0 Å². The smallest absolute Gasteiger partial charge is 0.255 e. The van der Waals surface area contributed by atoms with Gasteiger partial charge in [-0.2, -0.15) is 5.10 Å². The molecule has 0 spiro atoms. The maximum absolute atomic E-state index is 13.1. The van der Waals surface area contributed by atoms with Crippen molar-refractivity contribution < 1.29 is 23.9 Å². The molecule has 52 heavy (non-hydrogen) atoms. The average molecular weight is 702 g/mol. The van der Waals surface area contributed by atoms with E-state index in [1.807, 2.05) is 36.4 Å². The largest absolute Gasteiger partial charge is 0.490 e. The zero-order valence-electron chi connectivity index (χ0n) is 29.1. The van der Waals surface area contributed by atoms with Gasteiger partial charge in [-0.15, -0.1) is 0 Å². The van der Waals surface area contributed by atoms with E-state index in [0.717, 1.165) is 74.3 Å². The number of carbonyl (C=O) groups excluding carboxylic acids is 4. The SMILES string of the molecule is O=C1CCC(N2Cc3cc(C4CCN(Cc5ccc(CC(=O)Nc6cc([C@H]7CC[C@@H](Oc8ccncc8)C7)[nH]n6)cc5)CC4)ccc3C2=O)C(=O)N1. The number of benzene rings is 2. The Kier molecular flexibility index (Phi) is 9.55. The van der Waals surface area contributed by atoms with Crippen molar-refractivity contribution >= 4 is 29.4 Å². The molecule has 3 N–H and O–H groups in total. The number of anilines is 1. The molecule has 2 aromatic heterocycles. The molecule has 3 aliphatic heterocycles. The van der Waals surface area contributed by atoms with E-state index < -0.39 is 6.04 Å². The monoisotopic (exact) mass is 701 g/mol. The summed E-state index contributed by atoms with van der Waals surface area (Å²) in [4.78, 5) is 58.1. The lowest BCUT2D eigenvalue weighted by atomic mass is 9.87. The van der Waals surface area contributed by atoms with E-state index in [-0.39, 0.29) is 42.6 Å². The second-order valence-electron chi connectivity index (χ2n) is 14.5. The third kappa shape index (κ3) is 7.48. The second kappa shape index (κ2) is 14.7. The summed E-state index contributed by atoms with van der Waals surface area (Å²) in [7, 11) is 0. The Labute approximate surface area is 302 Å². The Morgan fingerprint density at radius 1 is 0.885 bits per heavy atom. The molecule has 5 heterocycles. The molecule has 2 saturated heterocycles. The van der Waals surface area contributed by atoms with Crippen LogP contribution in [0.5, 0.6) is 5.75 Å². The van der Waals surface area contributed by atoms with Crippen molar-refractivity contribution in [2.24, 2.45) is 0 Å². The number of hydrogen-bond donors (Lipinski definition) is 3. The van der Waals surface area contributed by atoms with Gasteiger partial charge >= 0.3 is 0 Å². The zero-order valence-corrected chi connectivity index (χ0v) is 29.1. The third-order valence-electron chi connectivity index (χ3n) is 11.0. The summed E-state index contributed by atoms with van der Waals surface area (Å²) in [6.07, 6.45) is 9.43. The predicted octanol–water partition coefficient (Wildman–Crippen LogP) is 4.84. The van der Waals surface area contributed by atoms with Crippen LogP contribution in [0.4, 0.5) is 5.82 Å². The Morgan fingerprint density at radius 3 is 2.46 bits per heavy atom. The molecule has 0 radical (unpaired) electrons. The van der Waals surface area contributed by atoms with E-state index in [0.29, 0.717) is 36.2 Å². The number of hydrogen-bond acceptors (Lipinski definition) is 8. The normalized spacial score (nSPS) is 22.3. The molecule has 0 bridgehead atoms. The summed E-state index contributed by atoms with van der Waals surface area (Å²) in [5, 5.41) is 12.8. The Bertz CT molecular complexity index is 1950. The molecule has 1 unspecified atom stereocenters.